The maximum Gasteiger partial charge on any atom is 0.322 e. The summed E-state index contributed by atoms with van der Waals surface area (Å²) in [4.78, 5) is 21.2. The molecular weight excluding hydrogens is 188 g/mol. The van der Waals surface area contributed by atoms with Crippen LogP contribution in [0.15, 0.2) is 24.3 Å². The lowest BCUT2D eigenvalue weighted by Gasteiger charge is -2.06. The molecule has 0 saturated heterocycles. The van der Waals surface area contributed by atoms with Crippen LogP contribution >= 0.6 is 0 Å². The summed E-state index contributed by atoms with van der Waals surface area (Å²) in [6.45, 7) is 0. The average molecular weight is 196 g/mol. The van der Waals surface area contributed by atoms with Crippen LogP contribution in [0.2, 0.25) is 0 Å². The van der Waals surface area contributed by atoms with Crippen molar-refractivity contribution in [1.29, 1.82) is 0 Å². The van der Waals surface area contributed by atoms with E-state index in [1.807, 2.05) is 0 Å². The Kier molecular flexibility index (Phi) is 2.71. The van der Waals surface area contributed by atoms with Gasteiger partial charge >= 0.3 is 11.9 Å². The number of aliphatic carboxylic acids is 2. The van der Waals surface area contributed by atoms with Gasteiger partial charge in [-0.25, -0.2) is 0 Å². The summed E-state index contributed by atoms with van der Waals surface area (Å²) in [5.41, 5.74) is 0.128. The van der Waals surface area contributed by atoms with Crippen molar-refractivity contribution in [2.24, 2.45) is 0 Å². The number of carboxylic acids is 2. The van der Waals surface area contributed by atoms with Gasteiger partial charge in [0.1, 0.15) is 5.75 Å². The van der Waals surface area contributed by atoms with Gasteiger partial charge in [0, 0.05) is 0 Å². The van der Waals surface area contributed by atoms with Gasteiger partial charge in [0.15, 0.2) is 5.92 Å². The Balaban J connectivity index is 3.06. The van der Waals surface area contributed by atoms with Crippen LogP contribution in [-0.2, 0) is 9.59 Å². The zero-order valence-electron chi connectivity index (χ0n) is 7.04. The third-order valence-electron chi connectivity index (χ3n) is 1.72. The maximum absolute atomic E-state index is 10.6. The molecule has 1 aromatic rings. The van der Waals surface area contributed by atoms with Crippen LogP contribution in [0.4, 0.5) is 0 Å². The Labute approximate surface area is 79.2 Å². The standard InChI is InChI=1S/C9H8O5/c10-6-3-1-5(2-4-6)7(8(11)12)9(13)14/h1-4,7,10H,(H,11,12)(H,13,14). The van der Waals surface area contributed by atoms with Gasteiger partial charge in [-0.05, 0) is 17.7 Å². The molecule has 0 radical (unpaired) electrons. The fourth-order valence-corrected chi connectivity index (χ4v) is 1.06. The van der Waals surface area contributed by atoms with Gasteiger partial charge in [0.05, 0.1) is 0 Å². The van der Waals surface area contributed by atoms with E-state index in [1.54, 1.807) is 0 Å². The Morgan fingerprint density at radius 2 is 1.43 bits per heavy atom. The van der Waals surface area contributed by atoms with E-state index in [2.05, 4.69) is 0 Å². The van der Waals surface area contributed by atoms with E-state index in [0.29, 0.717) is 0 Å². The second-order valence-electron chi connectivity index (χ2n) is 2.70. The summed E-state index contributed by atoms with van der Waals surface area (Å²) in [7, 11) is 0. The number of rotatable bonds is 3. The molecule has 0 unspecified atom stereocenters. The van der Waals surface area contributed by atoms with Crippen molar-refractivity contribution in [3.05, 3.63) is 29.8 Å². The van der Waals surface area contributed by atoms with E-state index in [-0.39, 0.29) is 11.3 Å². The zero-order valence-corrected chi connectivity index (χ0v) is 7.04. The highest BCUT2D eigenvalue weighted by molar-refractivity contribution is 5.98. The molecule has 5 nitrogen and oxygen atoms in total. The molecule has 0 bridgehead atoms. The van der Waals surface area contributed by atoms with E-state index in [9.17, 15) is 9.59 Å². The third-order valence-corrected chi connectivity index (χ3v) is 1.72. The molecule has 0 aromatic heterocycles. The summed E-state index contributed by atoms with van der Waals surface area (Å²) < 4.78 is 0. The summed E-state index contributed by atoms with van der Waals surface area (Å²) in [5, 5.41) is 26.2. The first kappa shape index (κ1) is 10.0. The topological polar surface area (TPSA) is 94.8 Å². The molecule has 1 rings (SSSR count). The molecule has 74 valence electrons. The fourth-order valence-electron chi connectivity index (χ4n) is 1.06. The van der Waals surface area contributed by atoms with Crippen LogP contribution in [-0.4, -0.2) is 27.3 Å². The molecule has 1 aromatic carbocycles. The second-order valence-corrected chi connectivity index (χ2v) is 2.70. The molecule has 0 amide bonds. The van der Waals surface area contributed by atoms with Crippen molar-refractivity contribution >= 4 is 11.9 Å². The first-order chi connectivity index (χ1) is 6.52. The lowest BCUT2D eigenvalue weighted by molar-refractivity contribution is -0.150. The van der Waals surface area contributed by atoms with Crippen LogP contribution in [0.25, 0.3) is 0 Å². The molecule has 14 heavy (non-hydrogen) atoms. The fraction of sp³-hybridized carbons (Fsp3) is 0.111. The normalized spacial score (nSPS) is 10.1. The number of phenolic OH excluding ortho intramolecular Hbond substituents is 1. The molecule has 0 aliphatic carbocycles. The van der Waals surface area contributed by atoms with Crippen molar-refractivity contribution in [1.82, 2.24) is 0 Å². The van der Waals surface area contributed by atoms with Crippen LogP contribution in [0.5, 0.6) is 5.75 Å². The number of carbonyl (C=O) groups is 2. The minimum absolute atomic E-state index is 0.0386. The number of phenols is 1. The van der Waals surface area contributed by atoms with Gasteiger partial charge in [-0.15, -0.1) is 0 Å². The van der Waals surface area contributed by atoms with Crippen molar-refractivity contribution in [2.45, 2.75) is 5.92 Å². The molecule has 0 saturated carbocycles. The van der Waals surface area contributed by atoms with E-state index in [0.717, 1.165) is 0 Å². The molecule has 0 aliphatic heterocycles. The lowest BCUT2D eigenvalue weighted by atomic mass is 10.00. The largest absolute Gasteiger partial charge is 0.508 e. The molecule has 0 spiro atoms. The van der Waals surface area contributed by atoms with Crippen molar-refractivity contribution in [3.63, 3.8) is 0 Å². The van der Waals surface area contributed by atoms with Gasteiger partial charge in [0.25, 0.3) is 0 Å². The Morgan fingerprint density at radius 3 is 1.79 bits per heavy atom. The van der Waals surface area contributed by atoms with Gasteiger partial charge in [-0.1, -0.05) is 12.1 Å². The van der Waals surface area contributed by atoms with E-state index >= 15 is 0 Å². The molecule has 0 fully saturated rings. The highest BCUT2D eigenvalue weighted by Gasteiger charge is 2.27. The second kappa shape index (κ2) is 3.78. The monoisotopic (exact) mass is 196 g/mol. The minimum Gasteiger partial charge on any atom is -0.508 e. The number of hydrogen-bond donors (Lipinski definition) is 3. The Morgan fingerprint density at radius 1 is 1.00 bits per heavy atom. The minimum atomic E-state index is -1.59. The van der Waals surface area contributed by atoms with E-state index in [1.165, 1.54) is 24.3 Å². The molecule has 3 N–H and O–H groups in total. The zero-order chi connectivity index (χ0) is 10.7. The lowest BCUT2D eigenvalue weighted by Crippen LogP contribution is -2.20. The summed E-state index contributed by atoms with van der Waals surface area (Å²) in [6.07, 6.45) is 0. The number of benzene rings is 1. The van der Waals surface area contributed by atoms with Crippen LogP contribution in [0.1, 0.15) is 11.5 Å². The van der Waals surface area contributed by atoms with Gasteiger partial charge in [0.2, 0.25) is 0 Å². The first-order valence-electron chi connectivity index (χ1n) is 3.77. The van der Waals surface area contributed by atoms with Crippen molar-refractivity contribution < 1.29 is 24.9 Å². The summed E-state index contributed by atoms with van der Waals surface area (Å²) >= 11 is 0. The predicted octanol–water partition coefficient (Wildman–Crippen LogP) is 0.645. The SMILES string of the molecule is O=C(O)C(C(=O)O)c1ccc(O)cc1. The average Bonchev–Trinajstić information content (AvgIpc) is 2.07. The summed E-state index contributed by atoms with van der Waals surface area (Å²) in [5.74, 6) is -4.48. The highest BCUT2D eigenvalue weighted by Crippen LogP contribution is 2.19. The highest BCUT2D eigenvalue weighted by atomic mass is 16.4. The molecular formula is C9H8O5. The van der Waals surface area contributed by atoms with Gasteiger partial charge < -0.3 is 15.3 Å². The van der Waals surface area contributed by atoms with Crippen LogP contribution in [0.3, 0.4) is 0 Å². The maximum atomic E-state index is 10.6. The van der Waals surface area contributed by atoms with E-state index < -0.39 is 17.9 Å². The number of hydrogen-bond acceptors (Lipinski definition) is 3. The van der Waals surface area contributed by atoms with Crippen molar-refractivity contribution in [3.8, 4) is 5.75 Å². The van der Waals surface area contributed by atoms with Crippen LogP contribution < -0.4 is 0 Å². The smallest absolute Gasteiger partial charge is 0.322 e. The Hall–Kier alpha value is -2.04. The molecule has 0 atom stereocenters. The first-order valence-corrected chi connectivity index (χ1v) is 3.77. The van der Waals surface area contributed by atoms with Crippen molar-refractivity contribution in [2.75, 3.05) is 0 Å². The molecule has 5 heteroatoms. The van der Waals surface area contributed by atoms with Gasteiger partial charge in [-0.3, -0.25) is 9.59 Å². The Bertz CT molecular complexity index is 340. The number of carboxylic acid groups (broad SMARTS) is 2. The third kappa shape index (κ3) is 2.01. The number of aromatic hydroxyl groups is 1. The quantitative estimate of drug-likeness (QED) is 0.617. The van der Waals surface area contributed by atoms with Crippen LogP contribution in [0, 0.1) is 0 Å². The summed E-state index contributed by atoms with van der Waals surface area (Å²) in [6, 6.07) is 5.02. The molecule has 0 heterocycles. The van der Waals surface area contributed by atoms with E-state index in [4.69, 9.17) is 15.3 Å². The molecule has 0 aliphatic rings. The predicted molar refractivity (Wildman–Crippen MR) is 46.1 cm³/mol. The van der Waals surface area contributed by atoms with Gasteiger partial charge in [-0.2, -0.15) is 0 Å².